The number of para-hydroxylation sites is 1. The molecule has 0 saturated heterocycles. The second-order valence-electron chi connectivity index (χ2n) is 7.38. The first-order valence-corrected chi connectivity index (χ1v) is 10.6. The summed E-state index contributed by atoms with van der Waals surface area (Å²) in [5.41, 5.74) is 1.14. The fraction of sp³-hybridized carbons (Fsp3) is 0.182. The predicted octanol–water partition coefficient (Wildman–Crippen LogP) is 5.17. The monoisotopic (exact) mass is 437 g/mol. The minimum atomic E-state index is -0.694. The van der Waals surface area contributed by atoms with E-state index in [1.54, 1.807) is 42.5 Å². The van der Waals surface area contributed by atoms with Gasteiger partial charge < -0.3 is 4.42 Å². The van der Waals surface area contributed by atoms with E-state index in [0.717, 1.165) is 5.01 Å². The molecule has 1 aliphatic heterocycles. The quantitative estimate of drug-likeness (QED) is 0.442. The van der Waals surface area contributed by atoms with Crippen molar-refractivity contribution in [2.24, 2.45) is 0 Å². The van der Waals surface area contributed by atoms with E-state index >= 15 is 0 Å². The average molecular weight is 438 g/mol. The minimum Gasteiger partial charge on any atom is -0.450 e. The second kappa shape index (κ2) is 7.04. The van der Waals surface area contributed by atoms with Crippen molar-refractivity contribution in [2.45, 2.75) is 25.8 Å². The molecule has 3 heterocycles. The van der Waals surface area contributed by atoms with Gasteiger partial charge in [-0.2, -0.15) is 0 Å². The molecule has 4 aromatic rings. The van der Waals surface area contributed by atoms with E-state index in [0.29, 0.717) is 32.3 Å². The molecule has 0 radical (unpaired) electrons. The summed E-state index contributed by atoms with van der Waals surface area (Å²) in [4.78, 5) is 28.4. The summed E-state index contributed by atoms with van der Waals surface area (Å²) in [6.45, 7) is 4.02. The van der Waals surface area contributed by atoms with E-state index in [4.69, 9.17) is 16.0 Å². The number of anilines is 1. The van der Waals surface area contributed by atoms with E-state index < -0.39 is 11.9 Å². The molecule has 6 nitrogen and oxygen atoms in total. The first-order valence-electron chi connectivity index (χ1n) is 9.44. The Labute approximate surface area is 180 Å². The lowest BCUT2D eigenvalue weighted by atomic mass is 9.99. The molecule has 0 N–H and O–H groups in total. The van der Waals surface area contributed by atoms with Crippen molar-refractivity contribution in [3.8, 4) is 0 Å². The van der Waals surface area contributed by atoms with Gasteiger partial charge in [0, 0.05) is 10.9 Å². The van der Waals surface area contributed by atoms with Gasteiger partial charge in [-0.25, -0.2) is 0 Å². The maximum Gasteiger partial charge on any atom is 0.297 e. The van der Waals surface area contributed by atoms with Crippen LogP contribution in [-0.2, 0) is 0 Å². The van der Waals surface area contributed by atoms with Crippen LogP contribution in [0.15, 0.2) is 57.7 Å². The van der Waals surface area contributed by atoms with Gasteiger partial charge in [-0.15, -0.1) is 10.2 Å². The highest BCUT2D eigenvalue weighted by molar-refractivity contribution is 7.15. The van der Waals surface area contributed by atoms with Gasteiger partial charge in [-0.3, -0.25) is 14.5 Å². The Hall–Kier alpha value is -3.03. The van der Waals surface area contributed by atoms with Gasteiger partial charge in [0.05, 0.1) is 17.0 Å². The van der Waals surface area contributed by atoms with Gasteiger partial charge in [0.1, 0.15) is 10.6 Å². The molecule has 5 rings (SSSR count). The number of fused-ring (bicyclic) bond motifs is 2. The Morgan fingerprint density at radius 2 is 1.90 bits per heavy atom. The van der Waals surface area contributed by atoms with E-state index in [9.17, 15) is 9.59 Å². The van der Waals surface area contributed by atoms with Crippen molar-refractivity contribution in [1.82, 2.24) is 10.2 Å². The van der Waals surface area contributed by atoms with Gasteiger partial charge in [0.25, 0.3) is 5.91 Å². The van der Waals surface area contributed by atoms with Crippen LogP contribution in [0.3, 0.4) is 0 Å². The highest BCUT2D eigenvalue weighted by Crippen LogP contribution is 2.43. The zero-order valence-corrected chi connectivity index (χ0v) is 17.7. The molecule has 0 saturated carbocycles. The molecule has 0 fully saturated rings. The van der Waals surface area contributed by atoms with E-state index in [2.05, 4.69) is 10.2 Å². The number of aromatic nitrogens is 2. The Kier molecular flexibility index (Phi) is 4.45. The van der Waals surface area contributed by atoms with Crippen LogP contribution in [0.2, 0.25) is 5.02 Å². The number of carbonyl (C=O) groups excluding carboxylic acids is 1. The average Bonchev–Trinajstić information content (AvgIpc) is 3.32. The third-order valence-corrected chi connectivity index (χ3v) is 6.53. The third-order valence-electron chi connectivity index (χ3n) is 5.07. The number of amides is 1. The largest absolute Gasteiger partial charge is 0.450 e. The fourth-order valence-electron chi connectivity index (χ4n) is 3.67. The summed E-state index contributed by atoms with van der Waals surface area (Å²) in [6, 6.07) is 13.4. The summed E-state index contributed by atoms with van der Waals surface area (Å²) in [5, 5.41) is 10.6. The standard InChI is InChI=1S/C22H16ClN3O3S/c1-11(2)20-24-25-22(30-20)26-17(12-6-5-7-13(23)10-12)16-18(27)14-8-3-4-9-15(14)29-19(16)21(26)28/h3-11,17H,1-2H3. The Morgan fingerprint density at radius 1 is 1.10 bits per heavy atom. The fourth-order valence-corrected chi connectivity index (χ4v) is 4.74. The van der Waals surface area contributed by atoms with Crippen molar-refractivity contribution in [1.29, 1.82) is 0 Å². The molecule has 0 aliphatic carbocycles. The van der Waals surface area contributed by atoms with Crippen molar-refractivity contribution >= 4 is 44.9 Å². The van der Waals surface area contributed by atoms with Crippen LogP contribution in [0.4, 0.5) is 5.13 Å². The molecule has 1 unspecified atom stereocenters. The smallest absolute Gasteiger partial charge is 0.297 e. The molecule has 8 heteroatoms. The van der Waals surface area contributed by atoms with E-state index in [1.165, 1.54) is 16.2 Å². The van der Waals surface area contributed by atoms with Crippen molar-refractivity contribution in [3.63, 3.8) is 0 Å². The number of benzene rings is 2. The normalized spacial score (nSPS) is 15.9. The topological polar surface area (TPSA) is 76.3 Å². The molecule has 0 bridgehead atoms. The van der Waals surface area contributed by atoms with Crippen LogP contribution in [0, 0.1) is 0 Å². The molecule has 30 heavy (non-hydrogen) atoms. The summed E-state index contributed by atoms with van der Waals surface area (Å²) in [6.07, 6.45) is 0. The summed E-state index contributed by atoms with van der Waals surface area (Å²) in [7, 11) is 0. The summed E-state index contributed by atoms with van der Waals surface area (Å²) >= 11 is 7.56. The lowest BCUT2D eigenvalue weighted by Gasteiger charge is -2.22. The van der Waals surface area contributed by atoms with Crippen molar-refractivity contribution < 1.29 is 9.21 Å². The summed E-state index contributed by atoms with van der Waals surface area (Å²) < 4.78 is 5.92. The van der Waals surface area contributed by atoms with Crippen LogP contribution < -0.4 is 10.3 Å². The number of hydrogen-bond acceptors (Lipinski definition) is 6. The van der Waals surface area contributed by atoms with Crippen molar-refractivity contribution in [2.75, 3.05) is 4.90 Å². The number of nitrogens with zero attached hydrogens (tertiary/aromatic N) is 3. The zero-order valence-electron chi connectivity index (χ0n) is 16.1. The summed E-state index contributed by atoms with van der Waals surface area (Å²) in [5.74, 6) is -0.211. The molecular weight excluding hydrogens is 422 g/mol. The highest BCUT2D eigenvalue weighted by Gasteiger charge is 2.45. The molecule has 1 aliphatic rings. The lowest BCUT2D eigenvalue weighted by Crippen LogP contribution is -2.29. The number of halogens is 1. The van der Waals surface area contributed by atoms with Crippen molar-refractivity contribution in [3.05, 3.63) is 85.7 Å². The SMILES string of the molecule is CC(C)c1nnc(N2C(=O)c3oc4ccccc4c(=O)c3C2c2cccc(Cl)c2)s1. The molecule has 2 aromatic heterocycles. The Morgan fingerprint density at radius 3 is 2.63 bits per heavy atom. The van der Waals surface area contributed by atoms with Gasteiger partial charge >= 0.3 is 0 Å². The number of hydrogen-bond donors (Lipinski definition) is 0. The van der Waals surface area contributed by atoms with Crippen LogP contribution in [0.1, 0.15) is 52.5 Å². The maximum atomic E-state index is 13.4. The third kappa shape index (κ3) is 2.85. The Bertz CT molecular complexity index is 1360. The zero-order chi connectivity index (χ0) is 21.0. The lowest BCUT2D eigenvalue weighted by molar-refractivity contribution is 0.0970. The Balaban J connectivity index is 1.79. The van der Waals surface area contributed by atoms with Crippen LogP contribution in [0.25, 0.3) is 11.0 Å². The van der Waals surface area contributed by atoms with Crippen LogP contribution in [0.5, 0.6) is 0 Å². The first kappa shape index (κ1) is 19.0. The number of carbonyl (C=O) groups is 1. The van der Waals surface area contributed by atoms with Crippen LogP contribution >= 0.6 is 22.9 Å². The second-order valence-corrected chi connectivity index (χ2v) is 8.80. The van der Waals surface area contributed by atoms with E-state index in [1.807, 2.05) is 19.9 Å². The number of rotatable bonds is 3. The molecule has 2 aromatic carbocycles. The highest BCUT2D eigenvalue weighted by atomic mass is 35.5. The first-order chi connectivity index (χ1) is 14.5. The molecule has 0 spiro atoms. The minimum absolute atomic E-state index is 0.0324. The predicted molar refractivity (Wildman–Crippen MR) is 117 cm³/mol. The molecular formula is C22H16ClN3O3S. The van der Waals surface area contributed by atoms with Gasteiger partial charge in [0.2, 0.25) is 10.9 Å². The molecule has 150 valence electrons. The van der Waals surface area contributed by atoms with E-state index in [-0.39, 0.29) is 17.1 Å². The van der Waals surface area contributed by atoms with Gasteiger partial charge in [-0.1, -0.05) is 61.1 Å². The van der Waals surface area contributed by atoms with Gasteiger partial charge in [0.15, 0.2) is 5.43 Å². The maximum absolute atomic E-state index is 13.4. The molecule has 1 amide bonds. The molecule has 1 atom stereocenters. The van der Waals surface area contributed by atoms with Gasteiger partial charge in [-0.05, 0) is 29.8 Å². The van der Waals surface area contributed by atoms with Crippen LogP contribution in [-0.4, -0.2) is 16.1 Å².